The lowest BCUT2D eigenvalue weighted by Crippen LogP contribution is -2.54. The lowest BCUT2D eigenvalue weighted by atomic mass is 9.94. The fourth-order valence-corrected chi connectivity index (χ4v) is 13.4. The summed E-state index contributed by atoms with van der Waals surface area (Å²) >= 11 is 9.40. The summed E-state index contributed by atoms with van der Waals surface area (Å²) in [4.78, 5) is 85.7. The van der Waals surface area contributed by atoms with Gasteiger partial charge in [0.2, 0.25) is 5.91 Å². The Bertz CT molecular complexity index is 3820. The molecule has 5 amide bonds. The van der Waals surface area contributed by atoms with Gasteiger partial charge in [0, 0.05) is 55.0 Å². The number of carbonyl (C=O) groups excluding carboxylic acids is 5. The molecule has 0 radical (unpaired) electrons. The Labute approximate surface area is 535 Å². The molecule has 0 bridgehead atoms. The first kappa shape index (κ1) is 65.0. The summed E-state index contributed by atoms with van der Waals surface area (Å²) in [5.41, 5.74) is 5.44. The molecule has 5 aliphatic heterocycles. The average Bonchev–Trinajstić information content (AvgIpc) is 1.66. The maximum Gasteiger partial charge on any atom is 0.416 e. The van der Waals surface area contributed by atoms with E-state index >= 15 is 0 Å². The second-order valence-electron chi connectivity index (χ2n) is 21.7. The van der Waals surface area contributed by atoms with Crippen LogP contribution in [0, 0.1) is 0 Å². The first-order valence-electron chi connectivity index (χ1n) is 28.8. The molecule has 2 unspecified atom stereocenters. The van der Waals surface area contributed by atoms with Gasteiger partial charge in [0.15, 0.2) is 35.5 Å². The second-order valence-corrected chi connectivity index (χ2v) is 23.6. The average molecular weight is 1300 g/mol. The SMILES string of the molecule is C=CCOC(=O)N1c2cc(OC[C@@H](O)CC(=O)N3C[C@@H](CCl)c4c3cc(O)c3ccccc43)c(OC)cc2C(=O)N2CC=C(c3ccsc3)C[C@H]2C1O.C=CCOC(=O)N1c2cc(OC[C@@H](O)CC(=O)O)c(OC)cc2C(=O)N2CC=C(c3ccsc3)C[C@H]2C1O. The number of hydrogen-bond acceptors (Lipinski definition) is 19. The third-order valence-corrected chi connectivity index (χ3v) is 17.9. The molecule has 0 fully saturated rings. The summed E-state index contributed by atoms with van der Waals surface area (Å²) in [6.45, 7) is 6.84. The number of fused-ring (bicyclic) bond motifs is 7. The molecular formula is C65H66ClN5O18S2. The van der Waals surface area contributed by atoms with Gasteiger partial charge in [0.25, 0.3) is 11.8 Å². The first-order chi connectivity index (χ1) is 43.9. The number of aromatic hydroxyl groups is 1. The molecule has 6 N–H and O–H groups in total. The number of halogens is 1. The zero-order valence-electron chi connectivity index (χ0n) is 49.4. The topological polar surface area (TPSA) is 295 Å². The number of carbonyl (C=O) groups is 6. The van der Waals surface area contributed by atoms with Crippen molar-refractivity contribution in [2.24, 2.45) is 0 Å². The fraction of sp³-hybridized carbons (Fsp3) is 0.323. The van der Waals surface area contributed by atoms with Crippen LogP contribution < -0.4 is 33.6 Å². The van der Waals surface area contributed by atoms with Gasteiger partial charge in [0.1, 0.15) is 32.2 Å². The Morgan fingerprint density at radius 2 is 1.16 bits per heavy atom. The van der Waals surface area contributed by atoms with Gasteiger partial charge in [-0.3, -0.25) is 19.2 Å². The van der Waals surface area contributed by atoms with Crippen molar-refractivity contribution in [2.45, 2.75) is 68.3 Å². The van der Waals surface area contributed by atoms with Crippen LogP contribution in [0.1, 0.15) is 69.0 Å². The Morgan fingerprint density at radius 1 is 0.681 bits per heavy atom. The Balaban J connectivity index is 0.000000211. The Hall–Kier alpha value is -8.95. The molecule has 23 nitrogen and oxygen atoms in total. The molecule has 11 rings (SSSR count). The quantitative estimate of drug-likeness (QED) is 0.0327. The number of aliphatic hydroxyl groups excluding tert-OH is 4. The van der Waals surface area contributed by atoms with Crippen LogP contribution in [0.3, 0.4) is 0 Å². The molecule has 91 heavy (non-hydrogen) atoms. The number of phenolic OH excluding ortho intramolecular Hbond substituents is 1. The minimum Gasteiger partial charge on any atom is -0.507 e. The fourth-order valence-electron chi connectivity index (χ4n) is 11.8. The molecule has 26 heteroatoms. The molecule has 0 saturated heterocycles. The highest BCUT2D eigenvalue weighted by molar-refractivity contribution is 7.08. The van der Waals surface area contributed by atoms with Crippen molar-refractivity contribution < 1.29 is 87.8 Å². The number of hydrogen-bond donors (Lipinski definition) is 6. The van der Waals surface area contributed by atoms with Crippen molar-refractivity contribution in [1.82, 2.24) is 9.80 Å². The lowest BCUT2D eigenvalue weighted by molar-refractivity contribution is -0.139. The summed E-state index contributed by atoms with van der Waals surface area (Å²) in [6, 6.07) is 16.8. The van der Waals surface area contributed by atoms with E-state index in [-0.39, 0.29) is 122 Å². The number of thiophene rings is 2. The number of alkyl halides is 1. The van der Waals surface area contributed by atoms with Crippen LogP contribution in [-0.2, 0) is 19.1 Å². The van der Waals surface area contributed by atoms with Crippen molar-refractivity contribution in [2.75, 3.05) is 80.9 Å². The van der Waals surface area contributed by atoms with Gasteiger partial charge in [-0.25, -0.2) is 19.4 Å². The number of benzene rings is 4. The van der Waals surface area contributed by atoms with Crippen molar-refractivity contribution in [3.8, 4) is 28.7 Å². The highest BCUT2D eigenvalue weighted by Gasteiger charge is 2.47. The van der Waals surface area contributed by atoms with Crippen LogP contribution in [0.2, 0.25) is 0 Å². The van der Waals surface area contributed by atoms with Gasteiger partial charge in [-0.05, 0) is 91.9 Å². The molecule has 7 atom stereocenters. The van der Waals surface area contributed by atoms with Crippen molar-refractivity contribution in [1.29, 1.82) is 0 Å². The van der Waals surface area contributed by atoms with Crippen molar-refractivity contribution in [3.63, 3.8) is 0 Å². The van der Waals surface area contributed by atoms with Gasteiger partial charge in [0.05, 0.1) is 79.5 Å². The van der Waals surface area contributed by atoms with E-state index in [1.807, 2.05) is 70.1 Å². The predicted octanol–water partition coefficient (Wildman–Crippen LogP) is 8.60. The van der Waals surface area contributed by atoms with E-state index in [9.17, 15) is 54.3 Å². The molecule has 6 aromatic rings. The molecular weight excluding hydrogens is 1240 g/mol. The maximum absolute atomic E-state index is 14.1. The van der Waals surface area contributed by atoms with E-state index < -0.39 is 79.0 Å². The summed E-state index contributed by atoms with van der Waals surface area (Å²) in [5, 5.41) is 73.3. The predicted molar refractivity (Wildman–Crippen MR) is 341 cm³/mol. The molecule has 4 aromatic carbocycles. The minimum atomic E-state index is -1.50. The molecule has 5 aliphatic rings. The number of carboxylic acid groups (broad SMARTS) is 1. The summed E-state index contributed by atoms with van der Waals surface area (Å²) in [6.07, 6.45) is -1.01. The second kappa shape index (κ2) is 28.5. The van der Waals surface area contributed by atoms with E-state index in [4.69, 9.17) is 45.1 Å². The summed E-state index contributed by atoms with van der Waals surface area (Å²) < 4.78 is 33.2. The van der Waals surface area contributed by atoms with Gasteiger partial charge in [-0.1, -0.05) is 61.7 Å². The highest BCUT2D eigenvalue weighted by Crippen LogP contribution is 2.47. The number of anilines is 3. The van der Waals surface area contributed by atoms with Gasteiger partial charge in [-0.15, -0.1) is 11.6 Å². The Morgan fingerprint density at radius 3 is 1.60 bits per heavy atom. The van der Waals surface area contributed by atoms with E-state index in [1.165, 1.54) is 88.0 Å². The number of nitrogens with zero attached hydrogens (tertiary/aromatic N) is 5. The van der Waals surface area contributed by atoms with Gasteiger partial charge in [-0.2, -0.15) is 22.7 Å². The Kier molecular flexibility index (Phi) is 20.3. The number of ether oxygens (including phenoxy) is 6. The van der Waals surface area contributed by atoms with Crippen molar-refractivity contribution >= 4 is 109 Å². The smallest absolute Gasteiger partial charge is 0.416 e. The normalized spacial score (nSPS) is 19.7. The van der Waals surface area contributed by atoms with Crippen LogP contribution in [0.15, 0.2) is 126 Å². The number of rotatable bonds is 19. The summed E-state index contributed by atoms with van der Waals surface area (Å²) in [7, 11) is 2.74. The van der Waals surface area contributed by atoms with E-state index in [2.05, 4.69) is 13.2 Å². The third kappa shape index (κ3) is 13.5. The van der Waals surface area contributed by atoms with E-state index in [0.29, 0.717) is 17.5 Å². The number of methoxy groups -OCH3 is 2. The minimum absolute atomic E-state index is 0.0200. The number of phenols is 1. The number of aliphatic hydroxyl groups is 4. The third-order valence-electron chi connectivity index (χ3n) is 16.2. The first-order valence-corrected chi connectivity index (χ1v) is 31.2. The molecule has 7 heterocycles. The molecule has 0 spiro atoms. The van der Waals surface area contributed by atoms with Crippen LogP contribution in [0.4, 0.5) is 26.7 Å². The monoisotopic (exact) mass is 1300 g/mol. The summed E-state index contributed by atoms with van der Waals surface area (Å²) in [5.74, 6) is -1.98. The highest BCUT2D eigenvalue weighted by atomic mass is 35.5. The largest absolute Gasteiger partial charge is 0.507 e. The van der Waals surface area contributed by atoms with E-state index in [1.54, 1.807) is 6.07 Å². The molecule has 0 aliphatic carbocycles. The molecule has 0 saturated carbocycles. The van der Waals surface area contributed by atoms with E-state index in [0.717, 1.165) is 43.0 Å². The zero-order valence-corrected chi connectivity index (χ0v) is 51.8. The zero-order chi connectivity index (χ0) is 64.8. The van der Waals surface area contributed by atoms with Crippen LogP contribution in [-0.4, -0.2) is 179 Å². The number of amides is 5. The molecule has 2 aromatic heterocycles. The van der Waals surface area contributed by atoms with Crippen molar-refractivity contribution in [3.05, 3.63) is 154 Å². The van der Waals surface area contributed by atoms with Crippen LogP contribution in [0.5, 0.6) is 28.7 Å². The lowest BCUT2D eigenvalue weighted by Gasteiger charge is -2.38. The van der Waals surface area contributed by atoms with Gasteiger partial charge >= 0.3 is 18.2 Å². The standard InChI is InChI=1S/C39H38ClN3O9S.C26H28N2O9S/c1-3-11-51-39(49)43-29-17-34(33(50-2)15-28(29)37(47)41-10-8-22(13-31(41)38(43)48)23-9-12-53-21-23)52-20-25(44)14-35(46)42-19-24(18-40)36-27-7-5-4-6-26(27)32(45)16-30(36)42;1-3-7-36-26(34)28-19-12-22(37-13-17(29)10-23(30)31)21(35-2)11-18(19)24(32)27-6-4-15(9-20(27)25(28)33)16-5-8-38-14-16/h3-9,12,15-17,21,24-25,31,38,44-45,48H,1,10-11,13-14,18-20H2,2H3;3-5,8,11-12,14,17,20,25,29,33H,1,6-7,9-10,13H2,2H3,(H,30,31)/t24-,25+,31+,38?;17-,20-,25?/m10/s1. The number of aliphatic carboxylic acids is 1. The maximum atomic E-state index is 14.1. The van der Waals surface area contributed by atoms with Crippen LogP contribution >= 0.6 is 34.3 Å². The van der Waals surface area contributed by atoms with Crippen LogP contribution in [0.25, 0.3) is 21.9 Å². The molecule has 478 valence electrons. The number of carboxylic acids is 1. The van der Waals surface area contributed by atoms with Gasteiger partial charge < -0.3 is 73.8 Å².